The lowest BCUT2D eigenvalue weighted by Gasteiger charge is -2.05. The van der Waals surface area contributed by atoms with Gasteiger partial charge in [0, 0.05) is 25.1 Å². The number of methoxy groups -OCH3 is 1. The van der Waals surface area contributed by atoms with Gasteiger partial charge in [-0.05, 0) is 23.8 Å². The van der Waals surface area contributed by atoms with E-state index in [1.54, 1.807) is 7.11 Å². The van der Waals surface area contributed by atoms with Crippen LogP contribution in [0.25, 0.3) is 0 Å². The van der Waals surface area contributed by atoms with Crippen LogP contribution in [0.2, 0.25) is 5.02 Å². The van der Waals surface area contributed by atoms with Crippen LogP contribution in [0.3, 0.4) is 0 Å². The van der Waals surface area contributed by atoms with Gasteiger partial charge in [-0.1, -0.05) is 11.6 Å². The van der Waals surface area contributed by atoms with Gasteiger partial charge in [0.05, 0.1) is 13.2 Å². The van der Waals surface area contributed by atoms with E-state index < -0.39 is 0 Å². The van der Waals surface area contributed by atoms with Gasteiger partial charge in [-0.25, -0.2) is 4.39 Å². The highest BCUT2D eigenvalue weighted by Gasteiger charge is 2.08. The highest BCUT2D eigenvalue weighted by atomic mass is 35.5. The molecular weight excluding hydrogens is 245 g/mol. The number of ether oxygens (including phenoxy) is 1. The van der Waals surface area contributed by atoms with Gasteiger partial charge in [0.25, 0.3) is 0 Å². The van der Waals surface area contributed by atoms with Crippen molar-refractivity contribution in [3.63, 3.8) is 0 Å². The molecule has 1 aromatic carbocycles. The Balaban J connectivity index is 2.42. The molecule has 0 amide bonds. The molecule has 1 rings (SSSR count). The van der Waals surface area contributed by atoms with Crippen molar-refractivity contribution < 1.29 is 13.9 Å². The van der Waals surface area contributed by atoms with E-state index in [4.69, 9.17) is 16.3 Å². The number of ketones is 1. The number of nitrogens with one attached hydrogen (secondary N) is 1. The molecule has 0 heterocycles. The van der Waals surface area contributed by atoms with Crippen molar-refractivity contribution in [3.8, 4) is 0 Å². The van der Waals surface area contributed by atoms with Gasteiger partial charge in [-0.15, -0.1) is 0 Å². The van der Waals surface area contributed by atoms with Gasteiger partial charge >= 0.3 is 0 Å². The van der Waals surface area contributed by atoms with Crippen molar-refractivity contribution in [1.29, 1.82) is 0 Å². The van der Waals surface area contributed by atoms with E-state index in [1.165, 1.54) is 18.2 Å². The van der Waals surface area contributed by atoms with E-state index >= 15 is 0 Å². The maximum Gasteiger partial charge on any atom is 0.151 e. The Kier molecular flexibility index (Phi) is 6.11. The molecule has 0 spiro atoms. The summed E-state index contributed by atoms with van der Waals surface area (Å²) in [6, 6.07) is 4.01. The quantitative estimate of drug-likeness (QED) is 0.760. The van der Waals surface area contributed by atoms with Crippen molar-refractivity contribution in [1.82, 2.24) is 5.32 Å². The fourth-order valence-corrected chi connectivity index (χ4v) is 1.54. The maximum atomic E-state index is 12.9. The predicted octanol–water partition coefficient (Wildman–Crippen LogP) is 1.83. The lowest BCUT2D eigenvalue weighted by molar-refractivity contribution is -0.117. The molecule has 0 aliphatic heterocycles. The average Bonchev–Trinajstić information content (AvgIpc) is 2.29. The minimum atomic E-state index is -0.385. The topological polar surface area (TPSA) is 38.3 Å². The van der Waals surface area contributed by atoms with Crippen molar-refractivity contribution in [2.24, 2.45) is 0 Å². The fourth-order valence-electron chi connectivity index (χ4n) is 1.36. The van der Waals surface area contributed by atoms with Gasteiger partial charge < -0.3 is 10.1 Å². The molecule has 0 unspecified atom stereocenters. The number of carbonyl (C=O) groups is 1. The summed E-state index contributed by atoms with van der Waals surface area (Å²) in [6.07, 6.45) is 0.135. The molecule has 1 aromatic rings. The third-order valence-corrected chi connectivity index (χ3v) is 2.57. The summed E-state index contributed by atoms with van der Waals surface area (Å²) < 4.78 is 17.8. The van der Waals surface area contributed by atoms with E-state index in [1.807, 2.05) is 0 Å². The second-order valence-corrected chi connectivity index (χ2v) is 4.03. The first kappa shape index (κ1) is 14.1. The smallest absolute Gasteiger partial charge is 0.151 e. The molecule has 0 atom stereocenters. The Morgan fingerprint density at radius 2 is 2.29 bits per heavy atom. The highest BCUT2D eigenvalue weighted by Crippen LogP contribution is 2.17. The molecule has 0 saturated heterocycles. The minimum absolute atomic E-state index is 0.0337. The lowest BCUT2D eigenvalue weighted by Crippen LogP contribution is -2.27. The van der Waals surface area contributed by atoms with Crippen LogP contribution in [-0.4, -0.2) is 32.6 Å². The zero-order valence-corrected chi connectivity index (χ0v) is 10.4. The summed E-state index contributed by atoms with van der Waals surface area (Å²) in [5.74, 6) is -0.418. The van der Waals surface area contributed by atoms with Crippen LogP contribution < -0.4 is 5.32 Å². The Morgan fingerprint density at radius 3 is 3.00 bits per heavy atom. The first-order valence-corrected chi connectivity index (χ1v) is 5.66. The number of rotatable bonds is 7. The number of carbonyl (C=O) groups excluding carboxylic acids is 1. The SMILES string of the molecule is COCCNCC(=O)Cc1cc(F)ccc1Cl. The average molecular weight is 260 g/mol. The minimum Gasteiger partial charge on any atom is -0.383 e. The zero-order chi connectivity index (χ0) is 12.7. The zero-order valence-electron chi connectivity index (χ0n) is 9.63. The summed E-state index contributed by atoms with van der Waals surface area (Å²) in [7, 11) is 1.59. The Labute approximate surface area is 105 Å². The van der Waals surface area contributed by atoms with Crippen LogP contribution in [0, 0.1) is 5.82 Å². The van der Waals surface area contributed by atoms with Crippen molar-refractivity contribution >= 4 is 17.4 Å². The lowest BCUT2D eigenvalue weighted by atomic mass is 10.1. The summed E-state index contributed by atoms with van der Waals surface area (Å²) in [4.78, 5) is 11.6. The number of hydrogen-bond acceptors (Lipinski definition) is 3. The van der Waals surface area contributed by atoms with E-state index in [0.717, 1.165) is 0 Å². The second kappa shape index (κ2) is 7.37. The Bertz CT molecular complexity index is 385. The molecule has 17 heavy (non-hydrogen) atoms. The normalized spacial score (nSPS) is 10.5. The van der Waals surface area contributed by atoms with Crippen LogP contribution in [0.4, 0.5) is 4.39 Å². The van der Waals surface area contributed by atoms with Gasteiger partial charge in [0.2, 0.25) is 0 Å². The summed E-state index contributed by atoms with van der Waals surface area (Å²) >= 11 is 5.86. The van der Waals surface area contributed by atoms with Crippen molar-refractivity contribution in [3.05, 3.63) is 34.6 Å². The van der Waals surface area contributed by atoms with Gasteiger partial charge in [0.15, 0.2) is 5.78 Å². The van der Waals surface area contributed by atoms with Crippen LogP contribution in [0.1, 0.15) is 5.56 Å². The summed E-state index contributed by atoms with van der Waals surface area (Å²) in [6.45, 7) is 1.39. The molecule has 0 aliphatic carbocycles. The first-order valence-electron chi connectivity index (χ1n) is 5.28. The number of Topliss-reactive ketones (excluding diaryl/α,β-unsaturated/α-hetero) is 1. The van der Waals surface area contributed by atoms with E-state index in [9.17, 15) is 9.18 Å². The summed E-state index contributed by atoms with van der Waals surface area (Å²) in [5, 5.41) is 3.34. The monoisotopic (exact) mass is 259 g/mol. The molecule has 0 aromatic heterocycles. The van der Waals surface area contributed by atoms with Gasteiger partial charge in [-0.3, -0.25) is 4.79 Å². The number of benzene rings is 1. The molecule has 0 radical (unpaired) electrons. The molecule has 0 saturated carbocycles. The van der Waals surface area contributed by atoms with Crippen molar-refractivity contribution in [2.75, 3.05) is 26.8 Å². The van der Waals surface area contributed by atoms with Gasteiger partial charge in [-0.2, -0.15) is 0 Å². The standard InChI is InChI=1S/C12H15ClFNO2/c1-17-5-4-15-8-11(16)7-9-6-10(14)2-3-12(9)13/h2-3,6,15H,4-5,7-8H2,1H3. The predicted molar refractivity (Wildman–Crippen MR) is 64.9 cm³/mol. The van der Waals surface area contributed by atoms with Crippen LogP contribution in [0.5, 0.6) is 0 Å². The van der Waals surface area contributed by atoms with Crippen LogP contribution >= 0.6 is 11.6 Å². The second-order valence-electron chi connectivity index (χ2n) is 3.62. The van der Waals surface area contributed by atoms with E-state index in [2.05, 4.69) is 5.32 Å². The van der Waals surface area contributed by atoms with Crippen LogP contribution in [0.15, 0.2) is 18.2 Å². The molecule has 3 nitrogen and oxygen atoms in total. The Morgan fingerprint density at radius 1 is 1.53 bits per heavy atom. The molecular formula is C12H15ClFNO2. The maximum absolute atomic E-state index is 12.9. The third kappa shape index (κ3) is 5.26. The molecule has 1 N–H and O–H groups in total. The highest BCUT2D eigenvalue weighted by molar-refractivity contribution is 6.31. The van der Waals surface area contributed by atoms with E-state index in [0.29, 0.717) is 23.7 Å². The molecule has 94 valence electrons. The summed E-state index contributed by atoms with van der Waals surface area (Å²) in [5.41, 5.74) is 0.519. The number of hydrogen-bond donors (Lipinski definition) is 1. The molecule has 0 aliphatic rings. The van der Waals surface area contributed by atoms with Crippen LogP contribution in [-0.2, 0) is 16.0 Å². The molecule has 5 heteroatoms. The molecule has 0 fully saturated rings. The Hall–Kier alpha value is -0.970. The van der Waals surface area contributed by atoms with Gasteiger partial charge in [0.1, 0.15) is 5.82 Å². The van der Waals surface area contributed by atoms with E-state index in [-0.39, 0.29) is 24.6 Å². The molecule has 0 bridgehead atoms. The van der Waals surface area contributed by atoms with Crippen molar-refractivity contribution in [2.45, 2.75) is 6.42 Å². The third-order valence-electron chi connectivity index (χ3n) is 2.20. The first-order chi connectivity index (χ1) is 8.13. The largest absolute Gasteiger partial charge is 0.383 e. The fraction of sp³-hybridized carbons (Fsp3) is 0.417. The number of halogens is 2.